The van der Waals surface area contributed by atoms with Gasteiger partial charge in [-0.15, -0.1) is 0 Å². The summed E-state index contributed by atoms with van der Waals surface area (Å²) in [6.07, 6.45) is 3.50. The first-order valence-electron chi connectivity index (χ1n) is 10.2. The molecule has 1 atom stereocenters. The highest BCUT2D eigenvalue weighted by molar-refractivity contribution is 5.87. The predicted molar refractivity (Wildman–Crippen MR) is 117 cm³/mol. The summed E-state index contributed by atoms with van der Waals surface area (Å²) in [5, 5.41) is 8.87. The molecule has 5 rings (SSSR count). The number of benzene rings is 2. The van der Waals surface area contributed by atoms with Gasteiger partial charge in [0.15, 0.2) is 5.65 Å². The van der Waals surface area contributed by atoms with E-state index in [4.69, 9.17) is 4.74 Å². The Kier molecular flexibility index (Phi) is 5.37. The zero-order valence-corrected chi connectivity index (χ0v) is 16.7. The summed E-state index contributed by atoms with van der Waals surface area (Å²) in [5.41, 5.74) is 3.09. The van der Waals surface area contributed by atoms with E-state index in [9.17, 15) is 0 Å². The van der Waals surface area contributed by atoms with Gasteiger partial charge in [-0.1, -0.05) is 48.5 Å². The molecule has 1 unspecified atom stereocenters. The summed E-state index contributed by atoms with van der Waals surface area (Å²) in [4.78, 5) is 11.3. The van der Waals surface area contributed by atoms with Crippen LogP contribution in [0.4, 0.5) is 5.82 Å². The molecule has 1 fully saturated rings. The molecule has 2 aromatic heterocycles. The molecule has 0 aliphatic carbocycles. The fourth-order valence-corrected chi connectivity index (χ4v) is 3.84. The summed E-state index contributed by atoms with van der Waals surface area (Å²) < 4.78 is 7.82. The van der Waals surface area contributed by atoms with Crippen LogP contribution in [0.25, 0.3) is 16.7 Å². The van der Waals surface area contributed by atoms with Crippen LogP contribution in [0.5, 0.6) is 0 Å². The summed E-state index contributed by atoms with van der Waals surface area (Å²) in [6.45, 7) is 4.22. The van der Waals surface area contributed by atoms with E-state index in [1.54, 1.807) is 6.33 Å². The van der Waals surface area contributed by atoms with Gasteiger partial charge >= 0.3 is 0 Å². The van der Waals surface area contributed by atoms with Crippen molar-refractivity contribution < 1.29 is 4.74 Å². The van der Waals surface area contributed by atoms with E-state index in [-0.39, 0.29) is 6.10 Å². The van der Waals surface area contributed by atoms with Crippen molar-refractivity contribution in [3.8, 4) is 5.69 Å². The smallest absolute Gasteiger partial charge is 0.168 e. The normalized spacial score (nSPS) is 17.3. The molecule has 0 spiro atoms. The molecule has 1 saturated heterocycles. The van der Waals surface area contributed by atoms with Gasteiger partial charge in [0.25, 0.3) is 0 Å². The van der Waals surface area contributed by atoms with Crippen molar-refractivity contribution >= 4 is 16.9 Å². The van der Waals surface area contributed by atoms with E-state index in [0.29, 0.717) is 6.54 Å². The zero-order chi connectivity index (χ0) is 20.2. The van der Waals surface area contributed by atoms with Crippen molar-refractivity contribution in [2.75, 3.05) is 31.6 Å². The first-order valence-corrected chi connectivity index (χ1v) is 10.2. The summed E-state index contributed by atoms with van der Waals surface area (Å²) in [7, 11) is 0. The minimum atomic E-state index is 0.108. The maximum absolute atomic E-state index is 5.99. The summed E-state index contributed by atoms with van der Waals surface area (Å²) >= 11 is 0. The van der Waals surface area contributed by atoms with Crippen LogP contribution in [0.15, 0.2) is 73.2 Å². The highest BCUT2D eigenvalue weighted by Crippen LogP contribution is 2.22. The Hall–Kier alpha value is -3.29. The Bertz CT molecular complexity index is 1100. The number of hydrogen-bond donors (Lipinski definition) is 1. The van der Waals surface area contributed by atoms with Gasteiger partial charge in [-0.05, 0) is 17.7 Å². The molecule has 152 valence electrons. The van der Waals surface area contributed by atoms with Gasteiger partial charge in [0, 0.05) is 26.2 Å². The lowest BCUT2D eigenvalue weighted by Gasteiger charge is -2.33. The molecule has 1 N–H and O–H groups in total. The van der Waals surface area contributed by atoms with Crippen molar-refractivity contribution in [3.63, 3.8) is 0 Å². The maximum atomic E-state index is 5.99. The number of rotatable bonds is 6. The molecule has 4 aromatic rings. The topological polar surface area (TPSA) is 68.1 Å². The van der Waals surface area contributed by atoms with Gasteiger partial charge in [0.05, 0.1) is 30.0 Å². The lowest BCUT2D eigenvalue weighted by Crippen LogP contribution is -2.44. The lowest BCUT2D eigenvalue weighted by atomic mass is 10.2. The molecule has 1 aliphatic rings. The highest BCUT2D eigenvalue weighted by atomic mass is 16.5. The minimum Gasteiger partial charge on any atom is -0.374 e. The highest BCUT2D eigenvalue weighted by Gasteiger charge is 2.21. The van der Waals surface area contributed by atoms with Crippen LogP contribution >= 0.6 is 0 Å². The van der Waals surface area contributed by atoms with Gasteiger partial charge in [-0.25, -0.2) is 14.6 Å². The lowest BCUT2D eigenvalue weighted by molar-refractivity contribution is -0.0240. The molecule has 7 nitrogen and oxygen atoms in total. The van der Waals surface area contributed by atoms with Crippen LogP contribution < -0.4 is 5.32 Å². The maximum Gasteiger partial charge on any atom is 0.168 e. The van der Waals surface area contributed by atoms with Crippen molar-refractivity contribution in [3.05, 3.63) is 78.8 Å². The Morgan fingerprint density at radius 2 is 1.80 bits per heavy atom. The largest absolute Gasteiger partial charge is 0.374 e. The van der Waals surface area contributed by atoms with Gasteiger partial charge in [-0.2, -0.15) is 5.10 Å². The van der Waals surface area contributed by atoms with E-state index < -0.39 is 0 Å². The molecule has 0 bridgehead atoms. The third-order valence-electron chi connectivity index (χ3n) is 5.34. The van der Waals surface area contributed by atoms with Crippen LogP contribution in [0.3, 0.4) is 0 Å². The summed E-state index contributed by atoms with van der Waals surface area (Å²) in [6, 6.07) is 20.6. The molecular weight excluding hydrogens is 376 g/mol. The molecular formula is C23H24N6O. The predicted octanol–water partition coefficient (Wildman–Crippen LogP) is 3.13. The van der Waals surface area contributed by atoms with Crippen LogP contribution in [0.1, 0.15) is 5.56 Å². The van der Waals surface area contributed by atoms with Crippen molar-refractivity contribution in [2.24, 2.45) is 0 Å². The molecule has 0 saturated carbocycles. The van der Waals surface area contributed by atoms with Crippen molar-refractivity contribution in [1.29, 1.82) is 0 Å². The zero-order valence-electron chi connectivity index (χ0n) is 16.7. The van der Waals surface area contributed by atoms with E-state index in [0.717, 1.165) is 48.8 Å². The molecule has 0 amide bonds. The average molecular weight is 400 g/mol. The third kappa shape index (κ3) is 4.03. The molecule has 0 radical (unpaired) electrons. The number of morpholine rings is 1. The van der Waals surface area contributed by atoms with E-state index in [1.807, 2.05) is 41.2 Å². The van der Waals surface area contributed by atoms with Crippen LogP contribution in [0.2, 0.25) is 0 Å². The number of fused-ring (bicyclic) bond motifs is 1. The van der Waals surface area contributed by atoms with Gasteiger partial charge in [0.2, 0.25) is 0 Å². The quantitative estimate of drug-likeness (QED) is 0.536. The molecule has 1 aliphatic heterocycles. The number of nitrogens with zero attached hydrogens (tertiary/aromatic N) is 5. The standard InChI is InChI=1S/C23H24N6O/c1-3-7-18(8-4-1)15-28-11-12-30-20(16-28)13-24-22-21-14-27-29(23(21)26-17-25-22)19-9-5-2-6-10-19/h1-10,14,17,20H,11-13,15-16H2,(H,24,25,26). The molecule has 2 aromatic carbocycles. The SMILES string of the molecule is c1ccc(CN2CCOC(CNc3ncnc4c3cnn4-c3ccccc3)C2)cc1. The van der Waals surface area contributed by atoms with Gasteiger partial charge in [0.1, 0.15) is 12.1 Å². The van der Waals surface area contributed by atoms with E-state index in [2.05, 4.69) is 55.6 Å². The van der Waals surface area contributed by atoms with Crippen LogP contribution in [0, 0.1) is 0 Å². The van der Waals surface area contributed by atoms with Gasteiger partial charge < -0.3 is 10.1 Å². The molecule has 3 heterocycles. The van der Waals surface area contributed by atoms with Crippen LogP contribution in [-0.2, 0) is 11.3 Å². The first-order chi connectivity index (χ1) is 14.9. The van der Waals surface area contributed by atoms with E-state index >= 15 is 0 Å². The number of hydrogen-bond acceptors (Lipinski definition) is 6. The Labute approximate surface area is 175 Å². The Morgan fingerprint density at radius 3 is 2.63 bits per heavy atom. The average Bonchev–Trinajstić information content (AvgIpc) is 3.24. The summed E-state index contributed by atoms with van der Waals surface area (Å²) in [5.74, 6) is 0.783. The van der Waals surface area contributed by atoms with Crippen molar-refractivity contribution in [1.82, 2.24) is 24.6 Å². The number of aromatic nitrogens is 4. The van der Waals surface area contributed by atoms with Crippen molar-refractivity contribution in [2.45, 2.75) is 12.6 Å². The molecule has 7 heteroatoms. The fraction of sp³-hybridized carbons (Fsp3) is 0.261. The monoisotopic (exact) mass is 400 g/mol. The first kappa shape index (κ1) is 18.7. The third-order valence-corrected chi connectivity index (χ3v) is 5.34. The van der Waals surface area contributed by atoms with Gasteiger partial charge in [-0.3, -0.25) is 4.90 Å². The second-order valence-electron chi connectivity index (χ2n) is 7.45. The second kappa shape index (κ2) is 8.61. The number of anilines is 1. The number of para-hydroxylation sites is 1. The second-order valence-corrected chi connectivity index (χ2v) is 7.45. The van der Waals surface area contributed by atoms with Crippen LogP contribution in [-0.4, -0.2) is 57.0 Å². The minimum absolute atomic E-state index is 0.108. The Morgan fingerprint density at radius 1 is 1.00 bits per heavy atom. The Balaban J connectivity index is 1.27. The number of ether oxygens (including phenoxy) is 1. The number of nitrogens with one attached hydrogen (secondary N) is 1. The fourth-order valence-electron chi connectivity index (χ4n) is 3.84. The van der Waals surface area contributed by atoms with E-state index in [1.165, 1.54) is 5.56 Å². The molecule has 30 heavy (non-hydrogen) atoms.